The van der Waals surface area contributed by atoms with Crippen LogP contribution in [0.3, 0.4) is 0 Å². The van der Waals surface area contributed by atoms with Gasteiger partial charge in [0.2, 0.25) is 5.70 Å². The van der Waals surface area contributed by atoms with Crippen molar-refractivity contribution in [3.05, 3.63) is 75.5 Å². The minimum absolute atomic E-state index is 0.191. The van der Waals surface area contributed by atoms with Crippen molar-refractivity contribution in [3.8, 4) is 11.5 Å². The Morgan fingerprint density at radius 1 is 1.17 bits per heavy atom. The predicted octanol–water partition coefficient (Wildman–Crippen LogP) is 4.69. The lowest BCUT2D eigenvalue weighted by Crippen LogP contribution is -1.99. The molecule has 126 valence electrons. The van der Waals surface area contributed by atoms with Crippen molar-refractivity contribution in [2.24, 2.45) is 0 Å². The zero-order valence-corrected chi connectivity index (χ0v) is 13.9. The lowest BCUT2D eigenvalue weighted by Gasteiger charge is -2.11. The Morgan fingerprint density at radius 3 is 2.54 bits per heavy atom. The maximum Gasteiger partial charge on any atom is 0.246 e. The van der Waals surface area contributed by atoms with Crippen LogP contribution in [0.2, 0.25) is 0 Å². The Bertz CT molecular complexity index is 711. The van der Waals surface area contributed by atoms with Crippen LogP contribution in [-0.4, -0.2) is 12.0 Å². The summed E-state index contributed by atoms with van der Waals surface area (Å²) >= 11 is 0. The summed E-state index contributed by atoms with van der Waals surface area (Å²) in [5.41, 5.74) is 1.95. The Hall–Kier alpha value is -2.82. The molecule has 0 aliphatic rings. The van der Waals surface area contributed by atoms with Gasteiger partial charge in [0.25, 0.3) is 0 Å². The van der Waals surface area contributed by atoms with Crippen molar-refractivity contribution >= 4 is 6.08 Å². The summed E-state index contributed by atoms with van der Waals surface area (Å²) in [6.45, 7) is 2.32. The molecule has 0 aliphatic heterocycles. The van der Waals surface area contributed by atoms with Gasteiger partial charge in [0.05, 0.1) is 12.0 Å². The van der Waals surface area contributed by atoms with Gasteiger partial charge in [0.15, 0.2) is 11.5 Å². The highest BCUT2D eigenvalue weighted by Crippen LogP contribution is 2.30. The first kappa shape index (κ1) is 17.5. The van der Waals surface area contributed by atoms with Crippen LogP contribution in [0.1, 0.15) is 30.9 Å². The van der Waals surface area contributed by atoms with Crippen molar-refractivity contribution in [1.29, 1.82) is 0 Å². The number of nitrogens with zero attached hydrogens (tertiary/aromatic N) is 1. The molecule has 5 nitrogen and oxygen atoms in total. The minimum atomic E-state index is -0.335. The number of ether oxygens (including phenoxy) is 2. The van der Waals surface area contributed by atoms with Crippen LogP contribution in [-0.2, 0) is 6.61 Å². The van der Waals surface area contributed by atoms with Crippen LogP contribution in [0, 0.1) is 10.1 Å². The number of nitro groups is 1. The van der Waals surface area contributed by atoms with Crippen molar-refractivity contribution in [2.45, 2.75) is 26.4 Å². The molecule has 0 radical (unpaired) electrons. The quantitative estimate of drug-likeness (QED) is 0.521. The third-order valence-electron chi connectivity index (χ3n) is 3.50. The van der Waals surface area contributed by atoms with E-state index < -0.39 is 0 Å². The lowest BCUT2D eigenvalue weighted by atomic mass is 10.1. The molecule has 2 rings (SSSR count). The molecule has 0 heterocycles. The minimum Gasteiger partial charge on any atom is -0.493 e. The first-order chi connectivity index (χ1) is 11.6. The standard InChI is InChI=1S/C19H21NO4/c1-3-7-17(20(21)22)12-16-10-11-18(23-2)19(13-16)24-14-15-8-5-4-6-9-15/h4-6,8-13H,3,7,14H2,1-2H3/b17-12+. The summed E-state index contributed by atoms with van der Waals surface area (Å²) in [5, 5.41) is 11.1. The molecule has 2 aromatic carbocycles. The molecule has 0 saturated heterocycles. The Balaban J connectivity index is 2.23. The maximum absolute atomic E-state index is 11.1. The molecule has 0 N–H and O–H groups in total. The van der Waals surface area contributed by atoms with E-state index in [0.29, 0.717) is 24.5 Å². The average Bonchev–Trinajstić information content (AvgIpc) is 2.60. The molecule has 0 bridgehead atoms. The van der Waals surface area contributed by atoms with E-state index in [9.17, 15) is 10.1 Å². The van der Waals surface area contributed by atoms with E-state index in [2.05, 4.69) is 0 Å². The van der Waals surface area contributed by atoms with Crippen LogP contribution in [0.5, 0.6) is 11.5 Å². The number of hydrogen-bond acceptors (Lipinski definition) is 4. The Labute approximate surface area is 141 Å². The largest absolute Gasteiger partial charge is 0.493 e. The topological polar surface area (TPSA) is 61.6 Å². The SMILES string of the molecule is CCC/C(=C\c1ccc(OC)c(OCc2ccccc2)c1)[N+](=O)[O-]. The van der Waals surface area contributed by atoms with Gasteiger partial charge in [-0.25, -0.2) is 0 Å². The van der Waals surface area contributed by atoms with E-state index in [1.54, 1.807) is 31.4 Å². The van der Waals surface area contributed by atoms with Gasteiger partial charge in [-0.15, -0.1) is 0 Å². The fourth-order valence-electron chi connectivity index (χ4n) is 2.30. The van der Waals surface area contributed by atoms with Crippen molar-refractivity contribution in [1.82, 2.24) is 0 Å². The number of rotatable bonds is 8. The zero-order chi connectivity index (χ0) is 17.4. The van der Waals surface area contributed by atoms with Crippen LogP contribution in [0.25, 0.3) is 6.08 Å². The molecule has 0 unspecified atom stereocenters. The Morgan fingerprint density at radius 2 is 1.92 bits per heavy atom. The molecular weight excluding hydrogens is 306 g/mol. The van der Waals surface area contributed by atoms with E-state index in [-0.39, 0.29) is 10.6 Å². The highest BCUT2D eigenvalue weighted by atomic mass is 16.6. The van der Waals surface area contributed by atoms with Gasteiger partial charge in [-0.2, -0.15) is 0 Å². The summed E-state index contributed by atoms with van der Waals surface area (Å²) in [7, 11) is 1.57. The monoisotopic (exact) mass is 327 g/mol. The van der Waals surface area contributed by atoms with Crippen LogP contribution < -0.4 is 9.47 Å². The molecule has 0 atom stereocenters. The molecule has 0 amide bonds. The maximum atomic E-state index is 11.1. The summed E-state index contributed by atoms with van der Waals surface area (Å²) in [6.07, 6.45) is 2.73. The third kappa shape index (κ3) is 4.84. The number of hydrogen-bond donors (Lipinski definition) is 0. The smallest absolute Gasteiger partial charge is 0.246 e. The molecule has 0 saturated carbocycles. The van der Waals surface area contributed by atoms with Crippen molar-refractivity contribution < 1.29 is 14.4 Å². The van der Waals surface area contributed by atoms with E-state index in [4.69, 9.17) is 9.47 Å². The summed E-state index contributed by atoms with van der Waals surface area (Å²) in [6, 6.07) is 15.1. The fourth-order valence-corrected chi connectivity index (χ4v) is 2.30. The van der Waals surface area contributed by atoms with E-state index in [0.717, 1.165) is 17.5 Å². The van der Waals surface area contributed by atoms with Gasteiger partial charge in [-0.1, -0.05) is 43.3 Å². The van der Waals surface area contributed by atoms with Crippen LogP contribution in [0.15, 0.2) is 54.2 Å². The lowest BCUT2D eigenvalue weighted by molar-refractivity contribution is -0.426. The third-order valence-corrected chi connectivity index (χ3v) is 3.50. The molecule has 0 spiro atoms. The second kappa shape index (κ2) is 8.72. The number of allylic oxidation sites excluding steroid dienone is 1. The van der Waals surface area contributed by atoms with Gasteiger partial charge in [-0.05, 0) is 29.7 Å². The Kier molecular flexibility index (Phi) is 6.37. The first-order valence-corrected chi connectivity index (χ1v) is 7.83. The molecule has 2 aromatic rings. The average molecular weight is 327 g/mol. The van der Waals surface area contributed by atoms with Gasteiger partial charge in [0.1, 0.15) is 6.61 Å². The first-order valence-electron chi connectivity index (χ1n) is 7.83. The zero-order valence-electron chi connectivity index (χ0n) is 13.9. The normalized spacial score (nSPS) is 11.2. The van der Waals surface area contributed by atoms with Gasteiger partial charge < -0.3 is 9.47 Å². The predicted molar refractivity (Wildman–Crippen MR) is 93.6 cm³/mol. The van der Waals surface area contributed by atoms with Crippen LogP contribution in [0.4, 0.5) is 0 Å². The van der Waals surface area contributed by atoms with Gasteiger partial charge >= 0.3 is 0 Å². The summed E-state index contributed by atoms with van der Waals surface area (Å²) in [5.74, 6) is 1.16. The molecule has 0 aliphatic carbocycles. The van der Waals surface area contributed by atoms with Crippen molar-refractivity contribution in [2.75, 3.05) is 7.11 Å². The van der Waals surface area contributed by atoms with E-state index in [1.165, 1.54) is 0 Å². The molecule has 5 heteroatoms. The van der Waals surface area contributed by atoms with E-state index in [1.807, 2.05) is 37.3 Å². The van der Waals surface area contributed by atoms with Gasteiger partial charge in [0, 0.05) is 12.5 Å². The summed E-state index contributed by atoms with van der Waals surface area (Å²) < 4.78 is 11.1. The summed E-state index contributed by atoms with van der Waals surface area (Å²) in [4.78, 5) is 10.8. The van der Waals surface area contributed by atoms with Crippen LogP contribution >= 0.6 is 0 Å². The van der Waals surface area contributed by atoms with E-state index >= 15 is 0 Å². The highest BCUT2D eigenvalue weighted by molar-refractivity contribution is 5.57. The number of benzene rings is 2. The molecule has 0 aromatic heterocycles. The molecule has 24 heavy (non-hydrogen) atoms. The molecule has 0 fully saturated rings. The van der Waals surface area contributed by atoms with Crippen molar-refractivity contribution in [3.63, 3.8) is 0 Å². The highest BCUT2D eigenvalue weighted by Gasteiger charge is 2.11. The molecular formula is C19H21NO4. The number of methoxy groups -OCH3 is 1. The fraction of sp³-hybridized carbons (Fsp3) is 0.263. The second-order valence-electron chi connectivity index (χ2n) is 5.33. The second-order valence-corrected chi connectivity index (χ2v) is 5.33. The van der Waals surface area contributed by atoms with Gasteiger partial charge in [-0.3, -0.25) is 10.1 Å².